The van der Waals surface area contributed by atoms with Gasteiger partial charge in [0, 0.05) is 6.20 Å². The van der Waals surface area contributed by atoms with Gasteiger partial charge in [-0.2, -0.15) is 5.26 Å². The van der Waals surface area contributed by atoms with Gasteiger partial charge in [0.1, 0.15) is 21.8 Å². The first kappa shape index (κ1) is 11.1. The van der Waals surface area contributed by atoms with Crippen molar-refractivity contribution in [3.63, 3.8) is 0 Å². The first-order valence-electron chi connectivity index (χ1n) is 4.45. The van der Waals surface area contributed by atoms with Crippen LogP contribution in [0.4, 0.5) is 0 Å². The van der Waals surface area contributed by atoms with Gasteiger partial charge in [0.2, 0.25) is 0 Å². The summed E-state index contributed by atoms with van der Waals surface area (Å²) < 4.78 is 0.921. The average Bonchev–Trinajstić information content (AvgIpc) is 2.32. The number of pyridine rings is 2. The molecule has 0 saturated carbocycles. The molecule has 0 aliphatic carbocycles. The lowest BCUT2D eigenvalue weighted by atomic mass is 10.4. The number of hydrogen-bond acceptors (Lipinski definition) is 4. The maximum absolute atomic E-state index is 8.74. The molecule has 0 amide bonds. The minimum atomic E-state index is 0.414. The number of halogens is 1. The molecular formula is C11H6BrN3S. The normalized spacial score (nSPS) is 9.75. The molecule has 0 aliphatic heterocycles. The summed E-state index contributed by atoms with van der Waals surface area (Å²) in [7, 11) is 0. The van der Waals surface area contributed by atoms with Crippen LogP contribution in [-0.4, -0.2) is 9.97 Å². The number of nitrogens with zero attached hydrogens (tertiary/aromatic N) is 3. The predicted molar refractivity (Wildman–Crippen MR) is 65.0 cm³/mol. The molecule has 78 valence electrons. The molecule has 2 aromatic heterocycles. The Morgan fingerprint density at radius 1 is 1.25 bits per heavy atom. The van der Waals surface area contributed by atoms with Crippen molar-refractivity contribution in [2.45, 2.75) is 10.1 Å². The van der Waals surface area contributed by atoms with E-state index in [2.05, 4.69) is 25.9 Å². The van der Waals surface area contributed by atoms with E-state index in [0.717, 1.165) is 14.5 Å². The van der Waals surface area contributed by atoms with E-state index in [9.17, 15) is 0 Å². The van der Waals surface area contributed by atoms with Crippen LogP contribution < -0.4 is 0 Å². The number of aromatic nitrogens is 2. The Hall–Kier alpha value is -1.38. The largest absolute Gasteiger partial charge is 0.248 e. The minimum absolute atomic E-state index is 0.414. The predicted octanol–water partition coefficient (Wildman–Crippen LogP) is 3.26. The summed E-state index contributed by atoms with van der Waals surface area (Å²) in [6, 6.07) is 11.1. The lowest BCUT2D eigenvalue weighted by molar-refractivity contribution is 1.07. The molecule has 0 saturated heterocycles. The fourth-order valence-electron chi connectivity index (χ4n) is 1.08. The SMILES string of the molecule is N#Cc1cccc(Sc2ncccc2Br)n1. The van der Waals surface area contributed by atoms with Gasteiger partial charge in [-0.3, -0.25) is 0 Å². The zero-order valence-electron chi connectivity index (χ0n) is 8.09. The Balaban J connectivity index is 2.28. The zero-order chi connectivity index (χ0) is 11.4. The summed E-state index contributed by atoms with van der Waals surface area (Å²) in [6.45, 7) is 0. The van der Waals surface area contributed by atoms with E-state index in [-0.39, 0.29) is 0 Å². The molecular weight excluding hydrogens is 286 g/mol. The third-order valence-corrected chi connectivity index (χ3v) is 3.62. The highest BCUT2D eigenvalue weighted by Gasteiger charge is 2.04. The highest BCUT2D eigenvalue weighted by Crippen LogP contribution is 2.29. The molecule has 0 radical (unpaired) electrons. The van der Waals surface area contributed by atoms with Crippen LogP contribution in [0.3, 0.4) is 0 Å². The van der Waals surface area contributed by atoms with Gasteiger partial charge in [-0.15, -0.1) is 0 Å². The van der Waals surface area contributed by atoms with E-state index in [0.29, 0.717) is 5.69 Å². The second kappa shape index (κ2) is 5.10. The lowest BCUT2D eigenvalue weighted by Crippen LogP contribution is -1.86. The van der Waals surface area contributed by atoms with Crippen LogP contribution in [0.15, 0.2) is 51.1 Å². The highest BCUT2D eigenvalue weighted by atomic mass is 79.9. The van der Waals surface area contributed by atoms with E-state index in [1.54, 1.807) is 12.3 Å². The molecule has 0 aliphatic rings. The van der Waals surface area contributed by atoms with Crippen molar-refractivity contribution in [1.82, 2.24) is 9.97 Å². The van der Waals surface area contributed by atoms with Crippen LogP contribution in [0.2, 0.25) is 0 Å². The minimum Gasteiger partial charge on any atom is -0.248 e. The third kappa shape index (κ3) is 2.60. The van der Waals surface area contributed by atoms with Gasteiger partial charge in [-0.05, 0) is 52.0 Å². The Morgan fingerprint density at radius 3 is 2.88 bits per heavy atom. The molecule has 16 heavy (non-hydrogen) atoms. The number of nitriles is 1. The lowest BCUT2D eigenvalue weighted by Gasteiger charge is -2.01. The number of rotatable bonds is 2. The van der Waals surface area contributed by atoms with Gasteiger partial charge in [0.15, 0.2) is 0 Å². The van der Waals surface area contributed by atoms with E-state index in [1.165, 1.54) is 11.8 Å². The summed E-state index contributed by atoms with van der Waals surface area (Å²) in [5.41, 5.74) is 0.414. The van der Waals surface area contributed by atoms with Gasteiger partial charge >= 0.3 is 0 Å². The summed E-state index contributed by atoms with van der Waals surface area (Å²) in [6.07, 6.45) is 1.72. The molecule has 2 aromatic rings. The Morgan fingerprint density at radius 2 is 2.12 bits per heavy atom. The Kier molecular flexibility index (Phi) is 3.54. The van der Waals surface area contributed by atoms with E-state index < -0.39 is 0 Å². The van der Waals surface area contributed by atoms with Gasteiger partial charge in [0.25, 0.3) is 0 Å². The van der Waals surface area contributed by atoms with Crippen LogP contribution in [0.1, 0.15) is 5.69 Å². The summed E-state index contributed by atoms with van der Waals surface area (Å²) in [5, 5.41) is 10.3. The topological polar surface area (TPSA) is 49.6 Å². The first-order chi connectivity index (χ1) is 7.79. The second-order valence-electron chi connectivity index (χ2n) is 2.87. The average molecular weight is 292 g/mol. The number of hydrogen-bond donors (Lipinski definition) is 0. The van der Waals surface area contributed by atoms with Crippen LogP contribution >= 0.6 is 27.7 Å². The zero-order valence-corrected chi connectivity index (χ0v) is 10.5. The molecule has 2 rings (SSSR count). The fourth-order valence-corrected chi connectivity index (χ4v) is 2.34. The van der Waals surface area contributed by atoms with Crippen LogP contribution in [0.25, 0.3) is 0 Å². The molecule has 0 fully saturated rings. The molecule has 0 bridgehead atoms. The highest BCUT2D eigenvalue weighted by molar-refractivity contribution is 9.10. The monoisotopic (exact) mass is 291 g/mol. The standard InChI is InChI=1S/C11H6BrN3S/c12-9-4-2-6-14-11(9)16-10-5-1-3-8(7-13)15-10/h1-6H. The summed E-state index contributed by atoms with van der Waals surface area (Å²) in [5.74, 6) is 0. The molecule has 0 aromatic carbocycles. The van der Waals surface area contributed by atoms with Crippen molar-refractivity contribution in [3.05, 3.63) is 46.7 Å². The van der Waals surface area contributed by atoms with Crippen molar-refractivity contribution in [2.75, 3.05) is 0 Å². The molecule has 2 heterocycles. The Bertz CT molecular complexity index is 551. The van der Waals surface area contributed by atoms with Crippen LogP contribution in [0, 0.1) is 11.3 Å². The van der Waals surface area contributed by atoms with Crippen molar-refractivity contribution in [3.8, 4) is 6.07 Å². The molecule has 0 N–H and O–H groups in total. The molecule has 3 nitrogen and oxygen atoms in total. The molecule has 0 spiro atoms. The van der Waals surface area contributed by atoms with Gasteiger partial charge in [-0.1, -0.05) is 6.07 Å². The van der Waals surface area contributed by atoms with Crippen LogP contribution in [-0.2, 0) is 0 Å². The van der Waals surface area contributed by atoms with E-state index in [4.69, 9.17) is 5.26 Å². The van der Waals surface area contributed by atoms with Crippen molar-refractivity contribution < 1.29 is 0 Å². The Labute approximate surface area is 106 Å². The van der Waals surface area contributed by atoms with Crippen molar-refractivity contribution in [2.24, 2.45) is 0 Å². The maximum atomic E-state index is 8.74. The molecule has 0 unspecified atom stereocenters. The molecule has 0 atom stereocenters. The van der Waals surface area contributed by atoms with Crippen LogP contribution in [0.5, 0.6) is 0 Å². The summed E-state index contributed by atoms with van der Waals surface area (Å²) in [4.78, 5) is 8.39. The fraction of sp³-hybridized carbons (Fsp3) is 0. The quantitative estimate of drug-likeness (QED) is 0.852. The van der Waals surface area contributed by atoms with Crippen molar-refractivity contribution in [1.29, 1.82) is 5.26 Å². The van der Waals surface area contributed by atoms with Gasteiger partial charge < -0.3 is 0 Å². The van der Waals surface area contributed by atoms with Gasteiger partial charge in [0.05, 0.1) is 4.47 Å². The first-order valence-corrected chi connectivity index (χ1v) is 6.06. The third-order valence-electron chi connectivity index (χ3n) is 1.76. The summed E-state index contributed by atoms with van der Waals surface area (Å²) >= 11 is 4.84. The smallest absolute Gasteiger partial charge is 0.141 e. The maximum Gasteiger partial charge on any atom is 0.141 e. The molecule has 5 heteroatoms. The van der Waals surface area contributed by atoms with Gasteiger partial charge in [-0.25, -0.2) is 9.97 Å². The van der Waals surface area contributed by atoms with Crippen molar-refractivity contribution >= 4 is 27.7 Å². The second-order valence-corrected chi connectivity index (χ2v) is 4.73. The van der Waals surface area contributed by atoms with E-state index in [1.807, 2.05) is 30.3 Å². The van der Waals surface area contributed by atoms with E-state index >= 15 is 0 Å².